The molecular formula is C28H28N4O5. The molecule has 190 valence electrons. The summed E-state index contributed by atoms with van der Waals surface area (Å²) < 4.78 is 11.2. The first-order chi connectivity index (χ1) is 18.0. The zero-order valence-electron chi connectivity index (χ0n) is 20.2. The highest BCUT2D eigenvalue weighted by atomic mass is 16.5. The Morgan fingerprint density at radius 2 is 1.89 bits per heavy atom. The third-order valence-corrected chi connectivity index (χ3v) is 6.38. The van der Waals surface area contributed by atoms with E-state index in [4.69, 9.17) is 15.2 Å². The van der Waals surface area contributed by atoms with E-state index >= 15 is 0 Å². The molecule has 9 heteroatoms. The van der Waals surface area contributed by atoms with Gasteiger partial charge in [-0.2, -0.15) is 0 Å². The fraction of sp³-hybridized carbons (Fsp3) is 0.250. The molecule has 2 amide bonds. The number of aromatic hydroxyl groups is 1. The van der Waals surface area contributed by atoms with Crippen molar-refractivity contribution >= 4 is 23.7 Å². The van der Waals surface area contributed by atoms with Crippen LogP contribution in [0.5, 0.6) is 11.5 Å². The van der Waals surface area contributed by atoms with Gasteiger partial charge in [0.25, 0.3) is 5.91 Å². The minimum absolute atomic E-state index is 0.00934. The monoisotopic (exact) mass is 500 g/mol. The highest BCUT2D eigenvalue weighted by molar-refractivity contribution is 5.95. The van der Waals surface area contributed by atoms with Crippen molar-refractivity contribution < 1.29 is 24.2 Å². The molecule has 0 aliphatic carbocycles. The van der Waals surface area contributed by atoms with Gasteiger partial charge in [0.2, 0.25) is 5.91 Å². The van der Waals surface area contributed by atoms with Crippen LogP contribution >= 0.6 is 0 Å². The molecule has 3 aromatic rings. The number of aromatic nitrogens is 1. The first kappa shape index (κ1) is 24.3. The van der Waals surface area contributed by atoms with E-state index in [9.17, 15) is 14.7 Å². The van der Waals surface area contributed by atoms with Gasteiger partial charge in [-0.25, -0.2) is 4.98 Å². The molecule has 5 rings (SSSR count). The van der Waals surface area contributed by atoms with E-state index < -0.39 is 0 Å². The summed E-state index contributed by atoms with van der Waals surface area (Å²) in [6.45, 7) is 2.60. The van der Waals surface area contributed by atoms with E-state index in [0.29, 0.717) is 56.4 Å². The molecule has 0 spiro atoms. The van der Waals surface area contributed by atoms with Crippen LogP contribution in [-0.4, -0.2) is 65.8 Å². The number of morpholine rings is 1. The number of phenolic OH excluding ortho intramolecular Hbond substituents is 1. The lowest BCUT2D eigenvalue weighted by Crippen LogP contribution is -2.40. The molecule has 2 aromatic carbocycles. The molecule has 2 aliphatic heterocycles. The quantitative estimate of drug-likeness (QED) is 0.444. The average Bonchev–Trinajstić information content (AvgIpc) is 3.35. The van der Waals surface area contributed by atoms with Gasteiger partial charge in [-0.15, -0.1) is 0 Å². The molecule has 0 radical (unpaired) electrons. The Kier molecular flexibility index (Phi) is 7.04. The fourth-order valence-electron chi connectivity index (χ4n) is 4.41. The van der Waals surface area contributed by atoms with E-state index in [2.05, 4.69) is 10.3 Å². The molecule has 0 saturated carbocycles. The first-order valence-corrected chi connectivity index (χ1v) is 12.1. The minimum Gasteiger partial charge on any atom is -0.504 e. The molecule has 1 unspecified atom stereocenters. The number of rotatable bonds is 6. The molecule has 1 fully saturated rings. The second-order valence-electron chi connectivity index (χ2n) is 9.00. The number of nitrogen functional groups attached to an aromatic ring is 1. The zero-order chi connectivity index (χ0) is 25.8. The number of benzene rings is 2. The van der Waals surface area contributed by atoms with Crippen LogP contribution in [0.4, 0.5) is 5.82 Å². The van der Waals surface area contributed by atoms with E-state index in [0.717, 1.165) is 22.3 Å². The summed E-state index contributed by atoms with van der Waals surface area (Å²) in [6, 6.07) is 14.4. The normalized spacial score (nSPS) is 16.9. The van der Waals surface area contributed by atoms with Crippen molar-refractivity contribution in [2.45, 2.75) is 12.5 Å². The third kappa shape index (κ3) is 5.73. The maximum Gasteiger partial charge on any atom is 0.254 e. The van der Waals surface area contributed by atoms with Crippen LogP contribution in [0.3, 0.4) is 0 Å². The number of hydrogen-bond acceptors (Lipinski definition) is 7. The smallest absolute Gasteiger partial charge is 0.254 e. The Hall–Kier alpha value is -4.37. The van der Waals surface area contributed by atoms with E-state index in [1.54, 1.807) is 47.5 Å². The summed E-state index contributed by atoms with van der Waals surface area (Å²) >= 11 is 0. The van der Waals surface area contributed by atoms with Crippen LogP contribution in [0.15, 0.2) is 60.8 Å². The lowest BCUT2D eigenvalue weighted by atomic mass is 9.99. The average molecular weight is 501 g/mol. The molecular weight excluding hydrogens is 472 g/mol. The second-order valence-corrected chi connectivity index (χ2v) is 9.00. The first-order valence-electron chi connectivity index (χ1n) is 12.1. The highest BCUT2D eigenvalue weighted by Gasteiger charge is 2.27. The lowest BCUT2D eigenvalue weighted by molar-refractivity contribution is -0.116. The van der Waals surface area contributed by atoms with E-state index in [1.165, 1.54) is 6.08 Å². The number of hydrogen-bond donors (Lipinski definition) is 3. The van der Waals surface area contributed by atoms with Crippen molar-refractivity contribution in [2.24, 2.45) is 0 Å². The van der Waals surface area contributed by atoms with Gasteiger partial charge in [0, 0.05) is 42.9 Å². The molecule has 9 nitrogen and oxygen atoms in total. The number of pyridine rings is 1. The van der Waals surface area contributed by atoms with E-state index in [1.807, 2.05) is 18.2 Å². The Balaban J connectivity index is 1.19. The van der Waals surface area contributed by atoms with Gasteiger partial charge in [-0.3, -0.25) is 9.59 Å². The van der Waals surface area contributed by atoms with Gasteiger partial charge >= 0.3 is 0 Å². The Morgan fingerprint density at radius 1 is 1.11 bits per heavy atom. The van der Waals surface area contributed by atoms with Crippen molar-refractivity contribution in [1.82, 2.24) is 15.2 Å². The number of nitrogens with zero attached hydrogens (tertiary/aromatic N) is 2. The number of ether oxygens (including phenoxy) is 2. The van der Waals surface area contributed by atoms with Crippen LogP contribution in [0.2, 0.25) is 0 Å². The predicted octanol–water partition coefficient (Wildman–Crippen LogP) is 2.64. The standard InChI is InChI=1S/C28H28N4O5/c29-25-7-1-18(16-30-25)2-8-26(34)31-17-23-14-22-13-21(15-24(33)27(22)37-23)19-3-5-20(6-4-19)28(35)32-9-11-36-12-10-32/h1-8,13,15-16,23,33H,9-12,14,17H2,(H2,29,30)(H,31,34)/b8-2+. The zero-order valence-corrected chi connectivity index (χ0v) is 20.2. The Bertz CT molecular complexity index is 1320. The second kappa shape index (κ2) is 10.7. The number of phenols is 1. The molecule has 37 heavy (non-hydrogen) atoms. The van der Waals surface area contributed by atoms with Crippen LogP contribution in [0, 0.1) is 0 Å². The number of amides is 2. The number of carbonyl (C=O) groups is 2. The van der Waals surface area contributed by atoms with Crippen molar-refractivity contribution in [1.29, 1.82) is 0 Å². The van der Waals surface area contributed by atoms with Gasteiger partial charge in [0.15, 0.2) is 11.5 Å². The third-order valence-electron chi connectivity index (χ3n) is 6.38. The van der Waals surface area contributed by atoms with Crippen LogP contribution < -0.4 is 15.8 Å². The van der Waals surface area contributed by atoms with Gasteiger partial charge in [-0.05, 0) is 59.2 Å². The number of carbonyl (C=O) groups excluding carboxylic acids is 2. The van der Waals surface area contributed by atoms with Crippen LogP contribution in [0.25, 0.3) is 17.2 Å². The van der Waals surface area contributed by atoms with Gasteiger partial charge in [0.05, 0.1) is 19.8 Å². The minimum atomic E-state index is -0.291. The maximum atomic E-state index is 12.7. The molecule has 1 atom stereocenters. The molecule has 1 aromatic heterocycles. The summed E-state index contributed by atoms with van der Waals surface area (Å²) in [4.78, 5) is 30.7. The Labute approximate surface area is 214 Å². The summed E-state index contributed by atoms with van der Waals surface area (Å²) in [5, 5.41) is 13.4. The summed E-state index contributed by atoms with van der Waals surface area (Å²) in [6.07, 6.45) is 4.93. The SMILES string of the molecule is Nc1ccc(/C=C/C(=O)NCC2Cc3cc(-c4ccc(C(=O)N5CCOCC5)cc4)cc(O)c3O2)cn1. The topological polar surface area (TPSA) is 127 Å². The molecule has 1 saturated heterocycles. The van der Waals surface area contributed by atoms with Crippen molar-refractivity contribution in [3.63, 3.8) is 0 Å². The van der Waals surface area contributed by atoms with E-state index in [-0.39, 0.29) is 23.7 Å². The van der Waals surface area contributed by atoms with Crippen molar-refractivity contribution in [2.75, 3.05) is 38.6 Å². The van der Waals surface area contributed by atoms with Crippen LogP contribution in [0.1, 0.15) is 21.5 Å². The fourth-order valence-corrected chi connectivity index (χ4v) is 4.41. The van der Waals surface area contributed by atoms with Gasteiger partial charge < -0.3 is 30.5 Å². The predicted molar refractivity (Wildman–Crippen MR) is 139 cm³/mol. The number of anilines is 1. The maximum absolute atomic E-state index is 12.7. The number of nitrogens with one attached hydrogen (secondary N) is 1. The molecule has 3 heterocycles. The summed E-state index contributed by atoms with van der Waals surface area (Å²) in [5.74, 6) is 0.635. The van der Waals surface area contributed by atoms with Gasteiger partial charge in [0.1, 0.15) is 11.9 Å². The summed E-state index contributed by atoms with van der Waals surface area (Å²) in [5.41, 5.74) is 9.54. The molecule has 4 N–H and O–H groups in total. The van der Waals surface area contributed by atoms with Crippen molar-refractivity contribution in [3.05, 3.63) is 77.5 Å². The number of nitrogens with two attached hydrogens (primary N) is 1. The Morgan fingerprint density at radius 3 is 2.62 bits per heavy atom. The largest absolute Gasteiger partial charge is 0.504 e. The van der Waals surface area contributed by atoms with Gasteiger partial charge in [-0.1, -0.05) is 12.1 Å². The number of fused-ring (bicyclic) bond motifs is 1. The molecule has 2 aliphatic rings. The summed E-state index contributed by atoms with van der Waals surface area (Å²) in [7, 11) is 0. The van der Waals surface area contributed by atoms with Crippen molar-refractivity contribution in [3.8, 4) is 22.6 Å². The highest BCUT2D eigenvalue weighted by Crippen LogP contribution is 2.40. The lowest BCUT2D eigenvalue weighted by Gasteiger charge is -2.26. The van der Waals surface area contributed by atoms with Crippen LogP contribution in [-0.2, 0) is 16.0 Å². The molecule has 0 bridgehead atoms.